The van der Waals surface area contributed by atoms with Crippen LogP contribution < -0.4 is 9.47 Å². The molecule has 0 saturated carbocycles. The molecule has 2 heterocycles. The Labute approximate surface area is 257 Å². The lowest BCUT2D eigenvalue weighted by Gasteiger charge is -2.10. The van der Waals surface area contributed by atoms with E-state index in [0.717, 1.165) is 67.5 Å². The van der Waals surface area contributed by atoms with Crippen molar-refractivity contribution in [2.24, 2.45) is 0 Å². The van der Waals surface area contributed by atoms with Crippen LogP contribution in [-0.4, -0.2) is 38.6 Å². The SMILES string of the molecule is Fc1cc(-c2ccc(OCCCCCCCCC3CO3)cc2)ccc1-c1ccc(OCCCCCCCCC2CO2)cc1. The fraction of sp³-hybridized carbons (Fsp3) is 0.526. The lowest BCUT2D eigenvalue weighted by Crippen LogP contribution is -1.97. The second-order valence-electron chi connectivity index (χ2n) is 12.2. The Morgan fingerprint density at radius 2 is 0.930 bits per heavy atom. The first-order valence-electron chi connectivity index (χ1n) is 16.7. The minimum atomic E-state index is -0.225. The van der Waals surface area contributed by atoms with E-state index in [1.54, 1.807) is 6.07 Å². The molecule has 2 fully saturated rings. The van der Waals surface area contributed by atoms with Crippen LogP contribution in [0.5, 0.6) is 11.5 Å². The minimum Gasteiger partial charge on any atom is -0.494 e. The zero-order valence-corrected chi connectivity index (χ0v) is 25.7. The minimum absolute atomic E-state index is 0.225. The fourth-order valence-corrected chi connectivity index (χ4v) is 5.61. The predicted octanol–water partition coefficient (Wildman–Crippen LogP) is 10.2. The van der Waals surface area contributed by atoms with E-state index in [-0.39, 0.29) is 5.82 Å². The second kappa shape index (κ2) is 17.4. The highest BCUT2D eigenvalue weighted by atomic mass is 19.1. The summed E-state index contributed by atoms with van der Waals surface area (Å²) >= 11 is 0. The van der Waals surface area contributed by atoms with Gasteiger partial charge in [-0.2, -0.15) is 0 Å². The monoisotopic (exact) mass is 588 g/mol. The van der Waals surface area contributed by atoms with Crippen molar-refractivity contribution >= 4 is 0 Å². The van der Waals surface area contributed by atoms with Crippen LogP contribution in [-0.2, 0) is 9.47 Å². The highest BCUT2D eigenvalue weighted by Crippen LogP contribution is 2.30. The molecule has 0 spiro atoms. The Morgan fingerprint density at radius 3 is 1.40 bits per heavy atom. The largest absolute Gasteiger partial charge is 0.494 e. The predicted molar refractivity (Wildman–Crippen MR) is 172 cm³/mol. The van der Waals surface area contributed by atoms with Gasteiger partial charge < -0.3 is 18.9 Å². The lowest BCUT2D eigenvalue weighted by atomic mass is 9.99. The van der Waals surface area contributed by atoms with Crippen LogP contribution in [0.15, 0.2) is 66.7 Å². The molecule has 5 heteroatoms. The molecule has 43 heavy (non-hydrogen) atoms. The molecule has 3 aromatic rings. The Balaban J connectivity index is 0.971. The summed E-state index contributed by atoms with van der Waals surface area (Å²) in [6.07, 6.45) is 18.5. The van der Waals surface area contributed by atoms with Crippen LogP contribution in [0.1, 0.15) is 89.9 Å². The van der Waals surface area contributed by atoms with Gasteiger partial charge in [0.25, 0.3) is 0 Å². The average Bonchev–Trinajstić information content (AvgIpc) is 3.97. The smallest absolute Gasteiger partial charge is 0.131 e. The third-order valence-corrected chi connectivity index (χ3v) is 8.51. The van der Waals surface area contributed by atoms with Crippen molar-refractivity contribution in [1.29, 1.82) is 0 Å². The Hall–Kier alpha value is -2.89. The highest BCUT2D eigenvalue weighted by Gasteiger charge is 2.21. The molecule has 0 bridgehead atoms. The van der Waals surface area contributed by atoms with Gasteiger partial charge in [0, 0.05) is 5.56 Å². The third-order valence-electron chi connectivity index (χ3n) is 8.51. The number of halogens is 1. The molecule has 0 radical (unpaired) electrons. The molecule has 232 valence electrons. The van der Waals surface area contributed by atoms with Crippen LogP contribution in [0.3, 0.4) is 0 Å². The summed E-state index contributed by atoms with van der Waals surface area (Å²) in [6.45, 7) is 3.41. The van der Waals surface area contributed by atoms with E-state index in [0.29, 0.717) is 17.8 Å². The van der Waals surface area contributed by atoms with Crippen molar-refractivity contribution in [3.63, 3.8) is 0 Å². The number of hydrogen-bond donors (Lipinski definition) is 0. The summed E-state index contributed by atoms with van der Waals surface area (Å²) in [4.78, 5) is 0. The van der Waals surface area contributed by atoms with Gasteiger partial charge in [0.2, 0.25) is 0 Å². The Bertz CT molecular complexity index is 1200. The van der Waals surface area contributed by atoms with Crippen molar-refractivity contribution < 1.29 is 23.3 Å². The van der Waals surface area contributed by atoms with Gasteiger partial charge in [0.15, 0.2) is 0 Å². The van der Waals surface area contributed by atoms with Gasteiger partial charge in [-0.25, -0.2) is 4.39 Å². The van der Waals surface area contributed by atoms with Gasteiger partial charge in [-0.3, -0.25) is 0 Å². The highest BCUT2D eigenvalue weighted by molar-refractivity contribution is 5.71. The number of unbranched alkanes of at least 4 members (excludes halogenated alkanes) is 10. The van der Waals surface area contributed by atoms with E-state index in [1.165, 1.54) is 77.0 Å². The molecule has 2 saturated heterocycles. The van der Waals surface area contributed by atoms with E-state index in [2.05, 4.69) is 0 Å². The number of benzene rings is 3. The van der Waals surface area contributed by atoms with Gasteiger partial charge in [0.05, 0.1) is 38.6 Å². The van der Waals surface area contributed by atoms with E-state index in [1.807, 2.05) is 60.7 Å². The first-order valence-corrected chi connectivity index (χ1v) is 16.7. The second-order valence-corrected chi connectivity index (χ2v) is 12.2. The summed E-state index contributed by atoms with van der Waals surface area (Å²) < 4.78 is 37.5. The number of hydrogen-bond acceptors (Lipinski definition) is 4. The summed E-state index contributed by atoms with van der Waals surface area (Å²) in [5.74, 6) is 1.47. The zero-order chi connectivity index (χ0) is 29.5. The van der Waals surface area contributed by atoms with Crippen LogP contribution >= 0.6 is 0 Å². The topological polar surface area (TPSA) is 43.5 Å². The quantitative estimate of drug-likeness (QED) is 0.0865. The van der Waals surface area contributed by atoms with Gasteiger partial charge in [-0.1, -0.05) is 101 Å². The van der Waals surface area contributed by atoms with Crippen LogP contribution in [0.25, 0.3) is 22.3 Å². The van der Waals surface area contributed by atoms with Crippen molar-refractivity contribution in [2.75, 3.05) is 26.4 Å². The van der Waals surface area contributed by atoms with Crippen molar-refractivity contribution in [2.45, 2.75) is 102 Å². The number of ether oxygens (including phenoxy) is 4. The summed E-state index contributed by atoms with van der Waals surface area (Å²) in [6, 6.07) is 21.2. The summed E-state index contributed by atoms with van der Waals surface area (Å²) in [5.41, 5.74) is 3.29. The maximum Gasteiger partial charge on any atom is 0.131 e. The first kappa shape index (κ1) is 31.5. The molecule has 4 nitrogen and oxygen atoms in total. The fourth-order valence-electron chi connectivity index (χ4n) is 5.61. The maximum absolute atomic E-state index is 15.1. The summed E-state index contributed by atoms with van der Waals surface area (Å²) in [5, 5.41) is 0. The molecule has 0 N–H and O–H groups in total. The molecular weight excluding hydrogens is 539 g/mol. The summed E-state index contributed by atoms with van der Waals surface area (Å²) in [7, 11) is 0. The van der Waals surface area contributed by atoms with E-state index >= 15 is 4.39 Å². The van der Waals surface area contributed by atoms with Crippen molar-refractivity contribution in [3.05, 3.63) is 72.5 Å². The van der Waals surface area contributed by atoms with E-state index < -0.39 is 0 Å². The average molecular weight is 589 g/mol. The van der Waals surface area contributed by atoms with Crippen LogP contribution in [0.4, 0.5) is 4.39 Å². The first-order chi connectivity index (χ1) is 21.2. The standard InChI is InChI=1S/C38H49FO4/c39-38-27-32(30-15-20-33(21-16-30)40-25-11-7-3-1-5-9-13-35-28-42-35)19-24-37(38)31-17-22-34(23-18-31)41-26-12-8-4-2-6-10-14-36-29-43-36/h15-24,27,35-36H,1-14,25-26,28-29H2. The molecule has 0 amide bonds. The molecular formula is C38H49FO4. The molecule has 2 unspecified atom stereocenters. The molecule has 2 aliphatic rings. The zero-order valence-electron chi connectivity index (χ0n) is 25.7. The van der Waals surface area contributed by atoms with Crippen LogP contribution in [0.2, 0.25) is 0 Å². The van der Waals surface area contributed by atoms with Crippen molar-refractivity contribution in [1.82, 2.24) is 0 Å². The molecule has 3 aromatic carbocycles. The van der Waals surface area contributed by atoms with Gasteiger partial charge in [-0.05, 0) is 72.7 Å². The van der Waals surface area contributed by atoms with Gasteiger partial charge in [-0.15, -0.1) is 0 Å². The normalized spacial score (nSPS) is 17.1. The van der Waals surface area contributed by atoms with Crippen molar-refractivity contribution in [3.8, 4) is 33.8 Å². The molecule has 2 aliphatic heterocycles. The van der Waals surface area contributed by atoms with Crippen LogP contribution in [0, 0.1) is 5.82 Å². The van der Waals surface area contributed by atoms with E-state index in [4.69, 9.17) is 18.9 Å². The van der Waals surface area contributed by atoms with E-state index in [9.17, 15) is 0 Å². The van der Waals surface area contributed by atoms with Gasteiger partial charge >= 0.3 is 0 Å². The molecule has 0 aliphatic carbocycles. The molecule has 0 aromatic heterocycles. The Kier molecular flexibility index (Phi) is 12.8. The Morgan fingerprint density at radius 1 is 0.512 bits per heavy atom. The molecule has 5 rings (SSSR count). The number of epoxide rings is 2. The molecule has 2 atom stereocenters. The van der Waals surface area contributed by atoms with Gasteiger partial charge in [0.1, 0.15) is 17.3 Å². The third kappa shape index (κ3) is 11.6. The number of rotatable bonds is 22. The maximum atomic E-state index is 15.1. The lowest BCUT2D eigenvalue weighted by molar-refractivity contribution is 0.304.